The Balaban J connectivity index is 2.67. The van der Waals surface area contributed by atoms with Gasteiger partial charge in [-0.1, -0.05) is 26.8 Å². The summed E-state index contributed by atoms with van der Waals surface area (Å²) in [7, 11) is 0. The molecule has 0 radical (unpaired) electrons. The zero-order chi connectivity index (χ0) is 15.2. The van der Waals surface area contributed by atoms with Crippen molar-refractivity contribution in [2.75, 3.05) is 19.8 Å². The standard InChI is InChI=1S/C17H29NO2/c1-6-9-18-17(5,11-19)12-20-15-7-8-16(13(2)3)14(4)10-15/h7-8,10,13,18-19H,6,9,11-12H2,1-5H3. The fraction of sp³-hybridized carbons (Fsp3) is 0.647. The average Bonchev–Trinajstić information content (AvgIpc) is 2.42. The lowest BCUT2D eigenvalue weighted by Gasteiger charge is -2.28. The van der Waals surface area contributed by atoms with E-state index in [-0.39, 0.29) is 12.1 Å². The molecule has 0 aliphatic carbocycles. The maximum Gasteiger partial charge on any atom is 0.119 e. The van der Waals surface area contributed by atoms with Crippen LogP contribution in [0.2, 0.25) is 0 Å². The fourth-order valence-electron chi connectivity index (χ4n) is 2.21. The second kappa shape index (κ2) is 7.65. The number of hydrogen-bond donors (Lipinski definition) is 2. The van der Waals surface area contributed by atoms with Gasteiger partial charge in [0.2, 0.25) is 0 Å². The molecule has 0 amide bonds. The van der Waals surface area contributed by atoms with Crippen molar-refractivity contribution in [2.24, 2.45) is 0 Å². The molecule has 0 aliphatic heterocycles. The van der Waals surface area contributed by atoms with Gasteiger partial charge >= 0.3 is 0 Å². The van der Waals surface area contributed by atoms with Crippen LogP contribution < -0.4 is 10.1 Å². The highest BCUT2D eigenvalue weighted by molar-refractivity contribution is 5.36. The molecule has 1 aromatic carbocycles. The molecule has 1 atom stereocenters. The van der Waals surface area contributed by atoms with E-state index >= 15 is 0 Å². The van der Waals surface area contributed by atoms with Gasteiger partial charge in [-0.25, -0.2) is 0 Å². The number of nitrogens with one attached hydrogen (secondary N) is 1. The number of hydrogen-bond acceptors (Lipinski definition) is 3. The number of aryl methyl sites for hydroxylation is 1. The predicted molar refractivity (Wildman–Crippen MR) is 84.5 cm³/mol. The molecule has 0 aliphatic rings. The first kappa shape index (κ1) is 17.0. The topological polar surface area (TPSA) is 41.5 Å². The zero-order valence-corrected chi connectivity index (χ0v) is 13.5. The van der Waals surface area contributed by atoms with E-state index in [4.69, 9.17) is 4.74 Å². The van der Waals surface area contributed by atoms with Gasteiger partial charge in [-0.15, -0.1) is 0 Å². The van der Waals surface area contributed by atoms with Crippen LogP contribution in [0.15, 0.2) is 18.2 Å². The molecule has 20 heavy (non-hydrogen) atoms. The molecule has 0 spiro atoms. The normalized spacial score (nSPS) is 14.3. The second-order valence-corrected chi connectivity index (χ2v) is 6.11. The molecule has 0 fully saturated rings. The molecule has 1 rings (SSSR count). The van der Waals surface area contributed by atoms with Crippen molar-refractivity contribution < 1.29 is 9.84 Å². The van der Waals surface area contributed by atoms with Crippen LogP contribution in [0.1, 0.15) is 51.2 Å². The molecular weight excluding hydrogens is 250 g/mol. The predicted octanol–water partition coefficient (Wildman–Crippen LogP) is 3.25. The van der Waals surface area contributed by atoms with Crippen molar-refractivity contribution in [1.29, 1.82) is 0 Å². The molecule has 3 heteroatoms. The molecule has 114 valence electrons. The van der Waals surface area contributed by atoms with Gasteiger partial charge in [0, 0.05) is 0 Å². The van der Waals surface area contributed by atoms with E-state index in [0.717, 1.165) is 18.7 Å². The molecule has 3 nitrogen and oxygen atoms in total. The average molecular weight is 279 g/mol. The number of ether oxygens (including phenoxy) is 1. The minimum Gasteiger partial charge on any atom is -0.492 e. The van der Waals surface area contributed by atoms with Crippen molar-refractivity contribution in [1.82, 2.24) is 5.32 Å². The number of benzene rings is 1. The van der Waals surface area contributed by atoms with Gasteiger partial charge in [0.05, 0.1) is 12.1 Å². The van der Waals surface area contributed by atoms with Crippen molar-refractivity contribution in [3.63, 3.8) is 0 Å². The van der Waals surface area contributed by atoms with E-state index in [1.807, 2.05) is 13.0 Å². The van der Waals surface area contributed by atoms with Gasteiger partial charge in [0.1, 0.15) is 12.4 Å². The lowest BCUT2D eigenvalue weighted by Crippen LogP contribution is -2.50. The van der Waals surface area contributed by atoms with Crippen LogP contribution in [0.5, 0.6) is 5.75 Å². The van der Waals surface area contributed by atoms with Gasteiger partial charge in [-0.05, 0) is 56.0 Å². The van der Waals surface area contributed by atoms with Gasteiger partial charge in [0.25, 0.3) is 0 Å². The highest BCUT2D eigenvalue weighted by Crippen LogP contribution is 2.24. The molecule has 0 aromatic heterocycles. The molecule has 0 saturated heterocycles. The van der Waals surface area contributed by atoms with Crippen LogP contribution in [-0.4, -0.2) is 30.4 Å². The number of aliphatic hydroxyl groups excluding tert-OH is 1. The first-order chi connectivity index (χ1) is 9.41. The highest BCUT2D eigenvalue weighted by Gasteiger charge is 2.23. The van der Waals surface area contributed by atoms with Crippen molar-refractivity contribution in [3.05, 3.63) is 29.3 Å². The Morgan fingerprint density at radius 3 is 2.55 bits per heavy atom. The lowest BCUT2D eigenvalue weighted by molar-refractivity contribution is 0.116. The fourth-order valence-corrected chi connectivity index (χ4v) is 2.21. The molecule has 0 bridgehead atoms. The first-order valence-electron chi connectivity index (χ1n) is 7.51. The monoisotopic (exact) mass is 279 g/mol. The quantitative estimate of drug-likeness (QED) is 0.767. The third-order valence-electron chi connectivity index (χ3n) is 3.57. The maximum atomic E-state index is 9.52. The van der Waals surface area contributed by atoms with Gasteiger partial charge in [0.15, 0.2) is 0 Å². The smallest absolute Gasteiger partial charge is 0.119 e. The van der Waals surface area contributed by atoms with Crippen LogP contribution in [0.4, 0.5) is 0 Å². The summed E-state index contributed by atoms with van der Waals surface area (Å²) in [6, 6.07) is 6.22. The molecule has 0 saturated carbocycles. The summed E-state index contributed by atoms with van der Waals surface area (Å²) in [6.45, 7) is 12.0. The van der Waals surface area contributed by atoms with Crippen LogP contribution in [-0.2, 0) is 0 Å². The SMILES string of the molecule is CCCNC(C)(CO)COc1ccc(C(C)C)c(C)c1. The summed E-state index contributed by atoms with van der Waals surface area (Å²) in [5.74, 6) is 1.39. The van der Waals surface area contributed by atoms with Crippen LogP contribution >= 0.6 is 0 Å². The van der Waals surface area contributed by atoms with Crippen molar-refractivity contribution in [3.8, 4) is 5.75 Å². The van der Waals surface area contributed by atoms with E-state index < -0.39 is 0 Å². The largest absolute Gasteiger partial charge is 0.492 e. The van der Waals surface area contributed by atoms with Gasteiger partial charge in [-0.2, -0.15) is 0 Å². The molecule has 0 heterocycles. The maximum absolute atomic E-state index is 9.52. The second-order valence-electron chi connectivity index (χ2n) is 6.11. The summed E-state index contributed by atoms with van der Waals surface area (Å²) >= 11 is 0. The van der Waals surface area contributed by atoms with Crippen molar-refractivity contribution in [2.45, 2.75) is 52.5 Å². The summed E-state index contributed by atoms with van der Waals surface area (Å²) in [5, 5.41) is 12.9. The third kappa shape index (κ3) is 4.80. The minimum atomic E-state index is -0.388. The summed E-state index contributed by atoms with van der Waals surface area (Å²) < 4.78 is 5.85. The molecular formula is C17H29NO2. The number of rotatable bonds is 8. The Labute approximate surface area is 123 Å². The van der Waals surface area contributed by atoms with Crippen molar-refractivity contribution >= 4 is 0 Å². The Kier molecular flexibility index (Phi) is 6.50. The molecule has 1 aromatic rings. The first-order valence-corrected chi connectivity index (χ1v) is 7.51. The molecule has 2 N–H and O–H groups in total. The summed E-state index contributed by atoms with van der Waals surface area (Å²) in [6.07, 6.45) is 1.04. The van der Waals surface area contributed by atoms with E-state index in [1.54, 1.807) is 0 Å². The van der Waals surface area contributed by atoms with Crippen LogP contribution in [0.3, 0.4) is 0 Å². The van der Waals surface area contributed by atoms with E-state index in [0.29, 0.717) is 12.5 Å². The Morgan fingerprint density at radius 1 is 1.35 bits per heavy atom. The Bertz CT molecular complexity index is 417. The van der Waals surface area contributed by atoms with Gasteiger partial charge < -0.3 is 15.2 Å². The Hall–Kier alpha value is -1.06. The van der Waals surface area contributed by atoms with E-state index in [9.17, 15) is 5.11 Å². The van der Waals surface area contributed by atoms with E-state index in [1.165, 1.54) is 11.1 Å². The third-order valence-corrected chi connectivity index (χ3v) is 3.57. The van der Waals surface area contributed by atoms with Gasteiger partial charge in [-0.3, -0.25) is 0 Å². The zero-order valence-electron chi connectivity index (χ0n) is 13.5. The van der Waals surface area contributed by atoms with Crippen LogP contribution in [0, 0.1) is 6.92 Å². The minimum absolute atomic E-state index is 0.0655. The summed E-state index contributed by atoms with van der Waals surface area (Å²) in [4.78, 5) is 0. The highest BCUT2D eigenvalue weighted by atomic mass is 16.5. The van der Waals surface area contributed by atoms with Crippen LogP contribution in [0.25, 0.3) is 0 Å². The molecule has 1 unspecified atom stereocenters. The van der Waals surface area contributed by atoms with E-state index in [2.05, 4.69) is 45.1 Å². The Morgan fingerprint density at radius 2 is 2.05 bits per heavy atom. The lowest BCUT2D eigenvalue weighted by atomic mass is 9.98. The summed E-state index contributed by atoms with van der Waals surface area (Å²) in [5.41, 5.74) is 2.22. The number of aliphatic hydroxyl groups is 1.